The second-order valence-electron chi connectivity index (χ2n) is 5.39. The molecule has 1 saturated heterocycles. The van der Waals surface area contributed by atoms with Crippen molar-refractivity contribution >= 4 is 31.6 Å². The second-order valence-corrected chi connectivity index (χ2v) is 8.54. The molecule has 1 unspecified atom stereocenters. The van der Waals surface area contributed by atoms with Gasteiger partial charge in [-0.05, 0) is 24.1 Å². The fraction of sp³-hybridized carbons (Fsp3) is 0.500. The molecule has 0 aliphatic carbocycles. The Balaban J connectivity index is 1.80. The van der Waals surface area contributed by atoms with E-state index in [1.807, 2.05) is 12.1 Å². The van der Waals surface area contributed by atoms with E-state index in [-0.39, 0.29) is 29.6 Å². The third-order valence-electron chi connectivity index (χ3n) is 3.88. The summed E-state index contributed by atoms with van der Waals surface area (Å²) in [6.45, 7) is 0.644. The van der Waals surface area contributed by atoms with Crippen molar-refractivity contribution in [2.24, 2.45) is 5.92 Å². The predicted molar refractivity (Wildman–Crippen MR) is 78.8 cm³/mol. The minimum atomic E-state index is -3.01. The van der Waals surface area contributed by atoms with Crippen LogP contribution in [0.15, 0.2) is 16.6 Å². The zero-order valence-electron chi connectivity index (χ0n) is 10.9. The Hall–Kier alpha value is -0.880. The van der Waals surface area contributed by atoms with Crippen LogP contribution >= 0.6 is 15.9 Å². The van der Waals surface area contributed by atoms with E-state index in [4.69, 9.17) is 4.74 Å². The zero-order chi connectivity index (χ0) is 14.3. The van der Waals surface area contributed by atoms with E-state index in [1.165, 1.54) is 0 Å². The largest absolute Gasteiger partial charge is 0.493 e. The molecule has 1 fully saturated rings. The van der Waals surface area contributed by atoms with Crippen LogP contribution < -0.4 is 4.74 Å². The summed E-state index contributed by atoms with van der Waals surface area (Å²) < 4.78 is 29.4. The Morgan fingerprint density at radius 3 is 2.90 bits per heavy atom. The molecule has 0 N–H and O–H groups in total. The lowest BCUT2D eigenvalue weighted by Gasteiger charge is -2.11. The summed E-state index contributed by atoms with van der Waals surface area (Å²) in [4.78, 5) is 12.3. The van der Waals surface area contributed by atoms with Crippen molar-refractivity contribution in [2.45, 2.75) is 19.3 Å². The molecule has 0 radical (unpaired) electrons. The van der Waals surface area contributed by atoms with E-state index in [1.54, 1.807) is 0 Å². The van der Waals surface area contributed by atoms with Crippen LogP contribution in [0.4, 0.5) is 0 Å². The molecular weight excluding hydrogens is 344 g/mol. The number of carbonyl (C=O) groups is 1. The molecule has 0 saturated carbocycles. The van der Waals surface area contributed by atoms with E-state index in [0.717, 1.165) is 27.8 Å². The molecule has 0 amide bonds. The SMILES string of the molecule is O=C(Cc1cc(Br)cc2c1OCC2)C1CCS(=O)(=O)C1. The third kappa shape index (κ3) is 2.76. The first-order valence-corrected chi connectivity index (χ1v) is 9.23. The van der Waals surface area contributed by atoms with E-state index in [9.17, 15) is 13.2 Å². The Morgan fingerprint density at radius 1 is 1.40 bits per heavy atom. The van der Waals surface area contributed by atoms with Gasteiger partial charge in [0.05, 0.1) is 18.1 Å². The third-order valence-corrected chi connectivity index (χ3v) is 6.10. The Bertz CT molecular complexity index is 666. The standard InChI is InChI=1S/C14H15BrO4S/c15-12-5-9-1-3-19-14(9)11(6-12)7-13(16)10-2-4-20(17,18)8-10/h5-6,10H,1-4,7-8H2. The number of benzene rings is 1. The highest BCUT2D eigenvalue weighted by Crippen LogP contribution is 2.34. The minimum Gasteiger partial charge on any atom is -0.493 e. The summed E-state index contributed by atoms with van der Waals surface area (Å²) in [5.74, 6) is 0.597. The monoisotopic (exact) mass is 358 g/mol. The normalized spacial score (nSPS) is 23.4. The van der Waals surface area contributed by atoms with Crippen molar-refractivity contribution in [3.8, 4) is 5.75 Å². The number of hydrogen-bond donors (Lipinski definition) is 0. The van der Waals surface area contributed by atoms with E-state index < -0.39 is 9.84 Å². The molecule has 0 spiro atoms. The number of carbonyl (C=O) groups excluding carboxylic acids is 1. The van der Waals surface area contributed by atoms with Crippen molar-refractivity contribution < 1.29 is 17.9 Å². The van der Waals surface area contributed by atoms with Crippen LogP contribution in [0.5, 0.6) is 5.75 Å². The van der Waals surface area contributed by atoms with Crippen LogP contribution in [0.3, 0.4) is 0 Å². The first-order valence-electron chi connectivity index (χ1n) is 6.62. The Morgan fingerprint density at radius 2 is 2.20 bits per heavy atom. The first kappa shape index (κ1) is 14.1. The first-order chi connectivity index (χ1) is 9.44. The van der Waals surface area contributed by atoms with Gasteiger partial charge in [-0.1, -0.05) is 15.9 Å². The highest BCUT2D eigenvalue weighted by Gasteiger charge is 2.33. The van der Waals surface area contributed by atoms with E-state index in [2.05, 4.69) is 15.9 Å². The van der Waals surface area contributed by atoms with Gasteiger partial charge in [0.15, 0.2) is 9.84 Å². The summed E-state index contributed by atoms with van der Waals surface area (Å²) in [6.07, 6.45) is 1.56. The average molecular weight is 359 g/mol. The van der Waals surface area contributed by atoms with Crippen molar-refractivity contribution in [1.29, 1.82) is 0 Å². The van der Waals surface area contributed by atoms with Gasteiger partial charge in [-0.3, -0.25) is 4.79 Å². The van der Waals surface area contributed by atoms with Gasteiger partial charge in [0.25, 0.3) is 0 Å². The van der Waals surface area contributed by atoms with Crippen molar-refractivity contribution in [1.82, 2.24) is 0 Å². The maximum atomic E-state index is 12.3. The molecule has 2 aliphatic heterocycles. The van der Waals surface area contributed by atoms with E-state index in [0.29, 0.717) is 13.0 Å². The lowest BCUT2D eigenvalue weighted by molar-refractivity contribution is -0.121. The Kier molecular flexibility index (Phi) is 3.62. The molecule has 1 aromatic carbocycles. The summed E-state index contributed by atoms with van der Waals surface area (Å²) >= 11 is 3.44. The molecule has 108 valence electrons. The molecule has 20 heavy (non-hydrogen) atoms. The lowest BCUT2D eigenvalue weighted by Crippen LogP contribution is -2.18. The molecule has 2 aliphatic rings. The van der Waals surface area contributed by atoms with Gasteiger partial charge >= 0.3 is 0 Å². The second kappa shape index (κ2) is 5.15. The van der Waals surface area contributed by atoms with Gasteiger partial charge in [0.2, 0.25) is 0 Å². The highest BCUT2D eigenvalue weighted by molar-refractivity contribution is 9.10. The van der Waals surface area contributed by atoms with Gasteiger partial charge in [0, 0.05) is 28.8 Å². The number of halogens is 1. The Labute approximate surface area is 126 Å². The van der Waals surface area contributed by atoms with Crippen molar-refractivity contribution in [3.05, 3.63) is 27.7 Å². The maximum Gasteiger partial charge on any atom is 0.151 e. The smallest absolute Gasteiger partial charge is 0.151 e. The summed E-state index contributed by atoms with van der Waals surface area (Å²) in [5, 5.41) is 0. The van der Waals surface area contributed by atoms with Crippen LogP contribution in [0.25, 0.3) is 0 Å². The summed E-state index contributed by atoms with van der Waals surface area (Å²) in [5.41, 5.74) is 1.97. The van der Waals surface area contributed by atoms with Crippen LogP contribution in [-0.4, -0.2) is 32.3 Å². The van der Waals surface area contributed by atoms with Gasteiger partial charge in [-0.2, -0.15) is 0 Å². The highest BCUT2D eigenvalue weighted by atomic mass is 79.9. The average Bonchev–Trinajstić information content (AvgIpc) is 2.95. The molecule has 3 rings (SSSR count). The van der Waals surface area contributed by atoms with Crippen LogP contribution in [-0.2, 0) is 27.5 Å². The number of fused-ring (bicyclic) bond motifs is 1. The fourth-order valence-corrected chi connectivity index (χ4v) is 5.19. The summed E-state index contributed by atoms with van der Waals surface area (Å²) in [6, 6.07) is 3.90. The van der Waals surface area contributed by atoms with Gasteiger partial charge in [-0.25, -0.2) is 8.42 Å². The minimum absolute atomic E-state index is 0.00174. The molecule has 1 atom stereocenters. The number of hydrogen-bond acceptors (Lipinski definition) is 4. The molecule has 0 aromatic heterocycles. The molecular formula is C14H15BrO4S. The molecule has 0 bridgehead atoms. The number of sulfone groups is 1. The van der Waals surface area contributed by atoms with Crippen LogP contribution in [0.1, 0.15) is 17.5 Å². The number of ketones is 1. The topological polar surface area (TPSA) is 60.4 Å². The lowest BCUT2D eigenvalue weighted by atomic mass is 9.96. The molecule has 6 heteroatoms. The summed E-state index contributed by atoms with van der Waals surface area (Å²) in [7, 11) is -3.01. The van der Waals surface area contributed by atoms with Gasteiger partial charge < -0.3 is 4.74 Å². The molecule has 2 heterocycles. The van der Waals surface area contributed by atoms with E-state index >= 15 is 0 Å². The quantitative estimate of drug-likeness (QED) is 0.828. The van der Waals surface area contributed by atoms with Crippen LogP contribution in [0, 0.1) is 5.92 Å². The molecule has 4 nitrogen and oxygen atoms in total. The number of ether oxygens (including phenoxy) is 1. The maximum absolute atomic E-state index is 12.3. The molecule has 1 aromatic rings. The number of rotatable bonds is 3. The zero-order valence-corrected chi connectivity index (χ0v) is 13.3. The predicted octanol–water partition coefficient (Wildman–Crippen LogP) is 1.93. The van der Waals surface area contributed by atoms with Crippen molar-refractivity contribution in [3.63, 3.8) is 0 Å². The fourth-order valence-electron chi connectivity index (χ4n) is 2.86. The van der Waals surface area contributed by atoms with Crippen molar-refractivity contribution in [2.75, 3.05) is 18.1 Å². The van der Waals surface area contributed by atoms with Gasteiger partial charge in [0.1, 0.15) is 11.5 Å². The van der Waals surface area contributed by atoms with Gasteiger partial charge in [-0.15, -0.1) is 0 Å². The number of Topliss-reactive ketones (excluding diaryl/α,β-unsaturated/α-hetero) is 1. The van der Waals surface area contributed by atoms with Crippen LogP contribution in [0.2, 0.25) is 0 Å².